The average Bonchev–Trinajstić information content (AvgIpc) is 2.75. The Labute approximate surface area is 93.4 Å². The molecular formula is C13H24O2. The Morgan fingerprint density at radius 1 is 1.33 bits per heavy atom. The summed E-state index contributed by atoms with van der Waals surface area (Å²) in [5, 5.41) is 0. The molecule has 0 amide bonds. The normalized spacial score (nSPS) is 19.1. The van der Waals surface area contributed by atoms with Crippen molar-refractivity contribution in [3.8, 4) is 0 Å². The first-order valence-corrected chi connectivity index (χ1v) is 6.29. The number of hydrogen-bond acceptors (Lipinski definition) is 2. The maximum absolute atomic E-state index is 11.0. The van der Waals surface area contributed by atoms with Crippen LogP contribution in [-0.4, -0.2) is 13.1 Å². The zero-order chi connectivity index (χ0) is 11.1. The number of ether oxygens (including phenoxy) is 1. The fourth-order valence-electron chi connectivity index (χ4n) is 2.43. The van der Waals surface area contributed by atoms with Crippen LogP contribution >= 0.6 is 0 Å². The SMILES string of the molecule is COC(=O)CCC(C)CCC1CCCC1. The maximum atomic E-state index is 11.0. The topological polar surface area (TPSA) is 26.3 Å². The van der Waals surface area contributed by atoms with E-state index in [1.54, 1.807) is 0 Å². The van der Waals surface area contributed by atoms with Crippen molar-refractivity contribution in [1.29, 1.82) is 0 Å². The van der Waals surface area contributed by atoms with Gasteiger partial charge in [-0.1, -0.05) is 45.4 Å². The molecule has 0 aromatic rings. The summed E-state index contributed by atoms with van der Waals surface area (Å²) in [6.45, 7) is 2.25. The van der Waals surface area contributed by atoms with Crippen LogP contribution in [0.2, 0.25) is 0 Å². The van der Waals surface area contributed by atoms with Crippen LogP contribution in [0.5, 0.6) is 0 Å². The minimum absolute atomic E-state index is 0.0669. The summed E-state index contributed by atoms with van der Waals surface area (Å²) in [5.41, 5.74) is 0. The summed E-state index contributed by atoms with van der Waals surface area (Å²) in [4.78, 5) is 11.0. The Bertz CT molecular complexity index is 183. The molecule has 0 spiro atoms. The second kappa shape index (κ2) is 6.86. The van der Waals surface area contributed by atoms with Crippen molar-refractivity contribution in [3.05, 3.63) is 0 Å². The molecule has 0 heterocycles. The zero-order valence-corrected chi connectivity index (χ0v) is 10.1. The van der Waals surface area contributed by atoms with Crippen molar-refractivity contribution in [2.24, 2.45) is 11.8 Å². The molecule has 1 fully saturated rings. The molecule has 1 unspecified atom stereocenters. The van der Waals surface area contributed by atoms with Crippen LogP contribution in [0.25, 0.3) is 0 Å². The van der Waals surface area contributed by atoms with Crippen LogP contribution in [0.1, 0.15) is 58.3 Å². The number of rotatable bonds is 6. The molecule has 1 aliphatic carbocycles. The molecule has 0 aromatic carbocycles. The largest absolute Gasteiger partial charge is 0.469 e. The molecule has 1 aliphatic rings. The van der Waals surface area contributed by atoms with Crippen LogP contribution in [0.3, 0.4) is 0 Å². The van der Waals surface area contributed by atoms with E-state index in [2.05, 4.69) is 11.7 Å². The third-order valence-electron chi connectivity index (χ3n) is 3.61. The first-order valence-electron chi connectivity index (χ1n) is 6.29. The van der Waals surface area contributed by atoms with Gasteiger partial charge in [0.15, 0.2) is 0 Å². The summed E-state index contributed by atoms with van der Waals surface area (Å²) in [6.07, 6.45) is 9.95. The van der Waals surface area contributed by atoms with E-state index < -0.39 is 0 Å². The number of esters is 1. The van der Waals surface area contributed by atoms with Gasteiger partial charge in [-0.15, -0.1) is 0 Å². The van der Waals surface area contributed by atoms with Crippen molar-refractivity contribution >= 4 is 5.97 Å². The van der Waals surface area contributed by atoms with E-state index in [4.69, 9.17) is 0 Å². The van der Waals surface area contributed by atoms with Gasteiger partial charge in [0.2, 0.25) is 0 Å². The van der Waals surface area contributed by atoms with E-state index in [0.29, 0.717) is 12.3 Å². The van der Waals surface area contributed by atoms with Crippen LogP contribution in [0, 0.1) is 11.8 Å². The highest BCUT2D eigenvalue weighted by Gasteiger charge is 2.16. The van der Waals surface area contributed by atoms with Gasteiger partial charge in [0.1, 0.15) is 0 Å². The molecule has 0 aliphatic heterocycles. The van der Waals surface area contributed by atoms with Gasteiger partial charge < -0.3 is 4.74 Å². The van der Waals surface area contributed by atoms with Crippen molar-refractivity contribution in [3.63, 3.8) is 0 Å². The molecule has 1 saturated carbocycles. The van der Waals surface area contributed by atoms with Gasteiger partial charge in [-0.2, -0.15) is 0 Å². The Morgan fingerprint density at radius 2 is 2.00 bits per heavy atom. The number of carbonyl (C=O) groups excluding carboxylic acids is 1. The molecule has 0 bridgehead atoms. The van der Waals surface area contributed by atoms with Crippen LogP contribution in [0.15, 0.2) is 0 Å². The lowest BCUT2D eigenvalue weighted by molar-refractivity contribution is -0.140. The molecule has 0 radical (unpaired) electrons. The van der Waals surface area contributed by atoms with Crippen LogP contribution < -0.4 is 0 Å². The lowest BCUT2D eigenvalue weighted by Crippen LogP contribution is -2.05. The summed E-state index contributed by atoms with van der Waals surface area (Å²) in [7, 11) is 1.46. The highest BCUT2D eigenvalue weighted by atomic mass is 16.5. The van der Waals surface area contributed by atoms with E-state index in [0.717, 1.165) is 12.3 Å². The third-order valence-corrected chi connectivity index (χ3v) is 3.61. The lowest BCUT2D eigenvalue weighted by atomic mass is 9.93. The van der Waals surface area contributed by atoms with E-state index in [1.165, 1.54) is 45.6 Å². The highest BCUT2D eigenvalue weighted by molar-refractivity contribution is 5.69. The molecule has 2 heteroatoms. The summed E-state index contributed by atoms with van der Waals surface area (Å²) >= 11 is 0. The standard InChI is InChI=1S/C13H24O2/c1-11(8-10-13(14)15-2)7-9-12-5-3-4-6-12/h11-12H,3-10H2,1-2H3. The predicted octanol–water partition coefficient (Wildman–Crippen LogP) is 3.55. The maximum Gasteiger partial charge on any atom is 0.305 e. The van der Waals surface area contributed by atoms with E-state index in [-0.39, 0.29) is 5.97 Å². The number of hydrogen-bond donors (Lipinski definition) is 0. The zero-order valence-electron chi connectivity index (χ0n) is 10.1. The van der Waals surface area contributed by atoms with E-state index in [9.17, 15) is 4.79 Å². The third kappa shape index (κ3) is 5.19. The Morgan fingerprint density at radius 3 is 2.60 bits per heavy atom. The molecule has 0 aromatic heterocycles. The van der Waals surface area contributed by atoms with Crippen LogP contribution in [0.4, 0.5) is 0 Å². The molecule has 88 valence electrons. The predicted molar refractivity (Wildman–Crippen MR) is 61.6 cm³/mol. The van der Waals surface area contributed by atoms with Gasteiger partial charge in [-0.05, 0) is 18.3 Å². The molecule has 1 atom stereocenters. The Kier molecular flexibility index (Phi) is 5.74. The molecule has 15 heavy (non-hydrogen) atoms. The van der Waals surface area contributed by atoms with Gasteiger partial charge >= 0.3 is 5.97 Å². The summed E-state index contributed by atoms with van der Waals surface area (Å²) in [5.74, 6) is 1.58. The van der Waals surface area contributed by atoms with E-state index in [1.807, 2.05) is 0 Å². The molecule has 0 saturated heterocycles. The highest BCUT2D eigenvalue weighted by Crippen LogP contribution is 2.30. The Hall–Kier alpha value is -0.530. The van der Waals surface area contributed by atoms with Gasteiger partial charge in [0.05, 0.1) is 7.11 Å². The fourth-order valence-corrected chi connectivity index (χ4v) is 2.43. The Balaban J connectivity index is 2.02. The minimum atomic E-state index is -0.0669. The second-order valence-corrected chi connectivity index (χ2v) is 4.95. The average molecular weight is 212 g/mol. The van der Waals surface area contributed by atoms with Gasteiger partial charge in [0.25, 0.3) is 0 Å². The molecule has 2 nitrogen and oxygen atoms in total. The van der Waals surface area contributed by atoms with E-state index >= 15 is 0 Å². The second-order valence-electron chi connectivity index (χ2n) is 4.95. The summed E-state index contributed by atoms with van der Waals surface area (Å²) in [6, 6.07) is 0. The summed E-state index contributed by atoms with van der Waals surface area (Å²) < 4.78 is 4.64. The van der Waals surface area contributed by atoms with Crippen molar-refractivity contribution in [1.82, 2.24) is 0 Å². The smallest absolute Gasteiger partial charge is 0.305 e. The van der Waals surface area contributed by atoms with Crippen LogP contribution in [-0.2, 0) is 9.53 Å². The van der Waals surface area contributed by atoms with Crippen molar-refractivity contribution in [2.45, 2.75) is 58.3 Å². The lowest BCUT2D eigenvalue weighted by Gasteiger charge is -2.13. The first-order chi connectivity index (χ1) is 7.22. The van der Waals surface area contributed by atoms with Crippen molar-refractivity contribution in [2.75, 3.05) is 7.11 Å². The van der Waals surface area contributed by atoms with Gasteiger partial charge in [0, 0.05) is 6.42 Å². The van der Waals surface area contributed by atoms with Gasteiger partial charge in [-0.25, -0.2) is 0 Å². The first kappa shape index (κ1) is 12.5. The monoisotopic (exact) mass is 212 g/mol. The van der Waals surface area contributed by atoms with Gasteiger partial charge in [-0.3, -0.25) is 4.79 Å². The molecular weight excluding hydrogens is 188 g/mol. The quantitative estimate of drug-likeness (QED) is 0.629. The molecule has 1 rings (SSSR count). The fraction of sp³-hybridized carbons (Fsp3) is 0.923. The number of carbonyl (C=O) groups is 1. The molecule has 0 N–H and O–H groups in total. The minimum Gasteiger partial charge on any atom is -0.469 e. The van der Waals surface area contributed by atoms with Crippen molar-refractivity contribution < 1.29 is 9.53 Å². The number of methoxy groups -OCH3 is 1.